The maximum Gasteiger partial charge on any atom is 0.252 e. The molecule has 3 aromatic heterocycles. The van der Waals surface area contributed by atoms with Crippen LogP contribution < -0.4 is 5.32 Å². The average Bonchev–Trinajstić information content (AvgIpc) is 3.18. The van der Waals surface area contributed by atoms with Crippen LogP contribution in [0.3, 0.4) is 0 Å². The van der Waals surface area contributed by atoms with E-state index in [9.17, 15) is 4.79 Å². The Morgan fingerprint density at radius 1 is 1.33 bits per heavy atom. The van der Waals surface area contributed by atoms with Gasteiger partial charge in [0.05, 0.1) is 16.8 Å². The fourth-order valence-corrected chi connectivity index (χ4v) is 2.79. The molecule has 6 heteroatoms. The fraction of sp³-hybridized carbons (Fsp3) is 0.133. The van der Waals surface area contributed by atoms with Crippen LogP contribution in [-0.2, 0) is 6.42 Å². The molecule has 0 saturated carbocycles. The van der Waals surface area contributed by atoms with Crippen molar-refractivity contribution in [1.29, 1.82) is 0 Å². The number of hydrogen-bond donors (Lipinski definition) is 2. The van der Waals surface area contributed by atoms with Gasteiger partial charge in [0.1, 0.15) is 5.69 Å². The molecule has 3 rings (SSSR count). The summed E-state index contributed by atoms with van der Waals surface area (Å²) in [5.74, 6) is -0.111. The fourth-order valence-electron chi connectivity index (χ4n) is 2.04. The van der Waals surface area contributed by atoms with Gasteiger partial charge in [0.2, 0.25) is 0 Å². The number of carbonyl (C=O) groups is 1. The molecular formula is C15H14N4OS. The second kappa shape index (κ2) is 6.32. The maximum absolute atomic E-state index is 11.9. The largest absolute Gasteiger partial charge is 0.352 e. The van der Waals surface area contributed by atoms with Crippen molar-refractivity contribution in [3.05, 3.63) is 59.6 Å². The molecule has 0 bridgehead atoms. The van der Waals surface area contributed by atoms with E-state index in [0.717, 1.165) is 16.3 Å². The number of imidazole rings is 1. The first-order valence-corrected chi connectivity index (χ1v) is 7.47. The first-order chi connectivity index (χ1) is 10.3. The minimum atomic E-state index is -0.111. The molecule has 0 radical (unpaired) electrons. The number of carbonyl (C=O) groups excluding carboxylic acids is 1. The summed E-state index contributed by atoms with van der Waals surface area (Å²) in [6, 6.07) is 7.54. The van der Waals surface area contributed by atoms with Crippen LogP contribution in [0.15, 0.2) is 48.4 Å². The van der Waals surface area contributed by atoms with Gasteiger partial charge in [-0.2, -0.15) is 0 Å². The highest BCUT2D eigenvalue weighted by Gasteiger charge is 2.10. The number of aromatic nitrogens is 3. The smallest absolute Gasteiger partial charge is 0.252 e. The quantitative estimate of drug-likeness (QED) is 0.760. The Morgan fingerprint density at radius 3 is 3.05 bits per heavy atom. The van der Waals surface area contributed by atoms with Gasteiger partial charge < -0.3 is 10.3 Å². The summed E-state index contributed by atoms with van der Waals surface area (Å²) in [5, 5.41) is 4.91. The van der Waals surface area contributed by atoms with Gasteiger partial charge in [-0.15, -0.1) is 11.3 Å². The highest BCUT2D eigenvalue weighted by molar-refractivity contribution is 7.13. The third kappa shape index (κ3) is 3.17. The van der Waals surface area contributed by atoms with E-state index >= 15 is 0 Å². The van der Waals surface area contributed by atoms with Crippen LogP contribution in [0.2, 0.25) is 0 Å². The van der Waals surface area contributed by atoms with Gasteiger partial charge in [0.25, 0.3) is 5.91 Å². The van der Waals surface area contributed by atoms with Crippen LogP contribution in [0.4, 0.5) is 0 Å². The molecule has 0 atom stereocenters. The highest BCUT2D eigenvalue weighted by atomic mass is 32.1. The molecular weight excluding hydrogens is 284 g/mol. The molecule has 0 unspecified atom stereocenters. The van der Waals surface area contributed by atoms with Gasteiger partial charge in [-0.3, -0.25) is 9.78 Å². The van der Waals surface area contributed by atoms with Gasteiger partial charge in [0, 0.05) is 31.1 Å². The Balaban J connectivity index is 1.59. The van der Waals surface area contributed by atoms with Crippen molar-refractivity contribution in [3.63, 3.8) is 0 Å². The molecule has 5 nitrogen and oxygen atoms in total. The first kappa shape index (κ1) is 13.5. The molecule has 0 spiro atoms. The van der Waals surface area contributed by atoms with E-state index in [0.29, 0.717) is 18.5 Å². The Hall–Kier alpha value is -2.47. The summed E-state index contributed by atoms with van der Waals surface area (Å²) in [6.07, 6.45) is 5.60. The molecule has 21 heavy (non-hydrogen) atoms. The van der Waals surface area contributed by atoms with Crippen molar-refractivity contribution in [2.24, 2.45) is 0 Å². The third-order valence-electron chi connectivity index (χ3n) is 3.06. The SMILES string of the molecule is O=C(NCCc1[nH]cnc1-c1cccs1)c1cccnc1. The predicted octanol–water partition coefficient (Wildman–Crippen LogP) is 2.51. The van der Waals surface area contributed by atoms with Crippen LogP contribution in [-0.4, -0.2) is 27.4 Å². The number of nitrogens with one attached hydrogen (secondary N) is 2. The molecule has 0 aliphatic carbocycles. The van der Waals surface area contributed by atoms with E-state index in [4.69, 9.17) is 0 Å². The van der Waals surface area contributed by atoms with Crippen molar-refractivity contribution in [3.8, 4) is 10.6 Å². The van der Waals surface area contributed by atoms with E-state index in [-0.39, 0.29) is 5.91 Å². The van der Waals surface area contributed by atoms with Gasteiger partial charge in [0.15, 0.2) is 0 Å². The number of thiophene rings is 1. The Bertz CT molecular complexity index is 706. The minimum absolute atomic E-state index is 0.111. The Morgan fingerprint density at radius 2 is 2.29 bits per heavy atom. The number of nitrogens with zero attached hydrogens (tertiary/aromatic N) is 2. The molecule has 2 N–H and O–H groups in total. The second-order valence-electron chi connectivity index (χ2n) is 4.45. The number of aromatic amines is 1. The van der Waals surface area contributed by atoms with Crippen LogP contribution in [0.25, 0.3) is 10.6 Å². The molecule has 3 aromatic rings. The Labute approximate surface area is 126 Å². The zero-order chi connectivity index (χ0) is 14.5. The number of hydrogen-bond acceptors (Lipinski definition) is 4. The van der Waals surface area contributed by atoms with E-state index in [1.54, 1.807) is 42.2 Å². The van der Waals surface area contributed by atoms with Crippen LogP contribution in [0, 0.1) is 0 Å². The van der Waals surface area contributed by atoms with Gasteiger partial charge in [-0.05, 0) is 23.6 Å². The molecule has 106 valence electrons. The standard InChI is InChI=1S/C15H14N4OS/c20-15(11-3-1-6-16-9-11)17-7-5-12-14(19-10-18-12)13-4-2-8-21-13/h1-4,6,8-10H,5,7H2,(H,17,20)(H,18,19). The van der Waals surface area contributed by atoms with Gasteiger partial charge in [-0.25, -0.2) is 4.98 Å². The lowest BCUT2D eigenvalue weighted by Gasteiger charge is -2.05. The molecule has 0 fully saturated rings. The predicted molar refractivity (Wildman–Crippen MR) is 82.2 cm³/mol. The summed E-state index contributed by atoms with van der Waals surface area (Å²) >= 11 is 1.65. The lowest BCUT2D eigenvalue weighted by molar-refractivity contribution is 0.0953. The second-order valence-corrected chi connectivity index (χ2v) is 5.40. The summed E-state index contributed by atoms with van der Waals surface area (Å²) in [6.45, 7) is 0.550. The van der Waals surface area contributed by atoms with Crippen LogP contribution in [0.5, 0.6) is 0 Å². The molecule has 0 saturated heterocycles. The lowest BCUT2D eigenvalue weighted by atomic mass is 10.2. The van der Waals surface area contributed by atoms with E-state index in [1.165, 1.54) is 0 Å². The summed E-state index contributed by atoms with van der Waals surface area (Å²) < 4.78 is 0. The monoisotopic (exact) mass is 298 g/mol. The number of amides is 1. The van der Waals surface area contributed by atoms with E-state index in [1.807, 2.05) is 17.5 Å². The zero-order valence-corrected chi connectivity index (χ0v) is 12.1. The normalized spacial score (nSPS) is 10.5. The first-order valence-electron chi connectivity index (χ1n) is 6.59. The van der Waals surface area contributed by atoms with Crippen LogP contribution >= 0.6 is 11.3 Å². The van der Waals surface area contributed by atoms with Crippen molar-refractivity contribution in [1.82, 2.24) is 20.3 Å². The average molecular weight is 298 g/mol. The molecule has 0 aliphatic heterocycles. The summed E-state index contributed by atoms with van der Waals surface area (Å²) in [7, 11) is 0. The summed E-state index contributed by atoms with van der Waals surface area (Å²) in [5.41, 5.74) is 2.56. The zero-order valence-electron chi connectivity index (χ0n) is 11.2. The van der Waals surface area contributed by atoms with Crippen molar-refractivity contribution in [2.45, 2.75) is 6.42 Å². The van der Waals surface area contributed by atoms with E-state index in [2.05, 4.69) is 20.3 Å². The lowest BCUT2D eigenvalue weighted by Crippen LogP contribution is -2.25. The van der Waals surface area contributed by atoms with Crippen molar-refractivity contribution in [2.75, 3.05) is 6.54 Å². The molecule has 0 aliphatic rings. The van der Waals surface area contributed by atoms with Crippen molar-refractivity contribution >= 4 is 17.2 Å². The number of rotatable bonds is 5. The van der Waals surface area contributed by atoms with Gasteiger partial charge in [-0.1, -0.05) is 6.07 Å². The Kier molecular flexibility index (Phi) is 4.07. The summed E-state index contributed by atoms with van der Waals surface area (Å²) in [4.78, 5) is 24.5. The number of pyridine rings is 1. The topological polar surface area (TPSA) is 70.7 Å². The van der Waals surface area contributed by atoms with Crippen molar-refractivity contribution < 1.29 is 4.79 Å². The number of H-pyrrole nitrogens is 1. The minimum Gasteiger partial charge on any atom is -0.352 e. The van der Waals surface area contributed by atoms with Crippen LogP contribution in [0.1, 0.15) is 16.1 Å². The maximum atomic E-state index is 11.9. The molecule has 0 aromatic carbocycles. The molecule has 3 heterocycles. The highest BCUT2D eigenvalue weighted by Crippen LogP contribution is 2.25. The van der Waals surface area contributed by atoms with Gasteiger partial charge >= 0.3 is 0 Å². The van der Waals surface area contributed by atoms with E-state index < -0.39 is 0 Å². The third-order valence-corrected chi connectivity index (χ3v) is 3.93. The molecule has 1 amide bonds.